The molecule has 18 heteroatoms. The average Bonchev–Trinajstić information content (AvgIpc) is 3.12. The van der Waals surface area contributed by atoms with E-state index in [1.807, 2.05) is 6.92 Å². The highest BCUT2D eigenvalue weighted by Gasteiger charge is 2.67. The average molecular weight is 727 g/mol. The summed E-state index contributed by atoms with van der Waals surface area (Å²) >= 11 is 0. The molecule has 0 radical (unpaired) electrons. The quantitative estimate of drug-likeness (QED) is 0.0879. The number of hydrogen-bond acceptors (Lipinski definition) is 13. The van der Waals surface area contributed by atoms with E-state index in [0.29, 0.717) is 12.8 Å². The number of carbonyl (C=O) groups is 2. The van der Waals surface area contributed by atoms with Crippen LogP contribution in [-0.2, 0) is 53.0 Å². The van der Waals surface area contributed by atoms with Gasteiger partial charge in [-0.15, -0.1) is 0 Å². The molecular weight excluding hydrogens is 680 g/mol. The van der Waals surface area contributed by atoms with Gasteiger partial charge in [0.1, 0.15) is 12.2 Å². The molecule has 5 rings (SSSR count). The predicted octanol–water partition coefficient (Wildman–Crippen LogP) is 1.67. The molecule has 13 atom stereocenters. The second kappa shape index (κ2) is 13.4. The van der Waals surface area contributed by atoms with Crippen molar-refractivity contribution < 1.29 is 73.4 Å². The van der Waals surface area contributed by atoms with Gasteiger partial charge in [0.15, 0.2) is 18.5 Å². The zero-order valence-electron chi connectivity index (χ0n) is 27.0. The Hall–Kier alpha value is -1.74. The van der Waals surface area contributed by atoms with Gasteiger partial charge in [-0.25, -0.2) is 8.37 Å². The molecule has 1 spiro atoms. The van der Waals surface area contributed by atoms with Crippen molar-refractivity contribution >= 4 is 32.7 Å². The summed E-state index contributed by atoms with van der Waals surface area (Å²) in [6, 6.07) is 0. The molecule has 4 aliphatic carbocycles. The van der Waals surface area contributed by atoms with E-state index < -0.39 is 99.0 Å². The highest BCUT2D eigenvalue weighted by Crippen LogP contribution is 2.70. The van der Waals surface area contributed by atoms with Crippen LogP contribution < -0.4 is 0 Å². The molecule has 5 fully saturated rings. The summed E-state index contributed by atoms with van der Waals surface area (Å²) in [5.41, 5.74) is -0.319. The van der Waals surface area contributed by atoms with Crippen molar-refractivity contribution in [2.45, 2.75) is 115 Å². The van der Waals surface area contributed by atoms with Gasteiger partial charge in [0.05, 0.1) is 24.7 Å². The molecule has 0 aromatic carbocycles. The van der Waals surface area contributed by atoms with Gasteiger partial charge in [0, 0.05) is 11.8 Å². The highest BCUT2D eigenvalue weighted by atomic mass is 32.3. The third kappa shape index (κ3) is 7.20. The summed E-state index contributed by atoms with van der Waals surface area (Å²) in [7, 11) is -10.8. The molecular formula is C30H46O16S2. The number of aliphatic hydroxyl groups excluding tert-OH is 2. The van der Waals surface area contributed by atoms with E-state index in [0.717, 1.165) is 24.8 Å². The topological polar surface area (TPSA) is 250 Å². The van der Waals surface area contributed by atoms with E-state index in [-0.39, 0.29) is 42.9 Å². The van der Waals surface area contributed by atoms with E-state index >= 15 is 0 Å². The number of carboxylic acids is 1. The van der Waals surface area contributed by atoms with Crippen molar-refractivity contribution in [2.75, 3.05) is 6.61 Å². The van der Waals surface area contributed by atoms with Crippen LogP contribution in [0.5, 0.6) is 0 Å². The number of esters is 1. The normalized spacial score (nSPS) is 43.0. The molecule has 5 aliphatic rings. The second-order valence-electron chi connectivity index (χ2n) is 14.8. The Morgan fingerprint density at radius 1 is 1.02 bits per heavy atom. The minimum Gasteiger partial charge on any atom is -0.481 e. The van der Waals surface area contributed by atoms with Crippen LogP contribution in [0.1, 0.15) is 72.1 Å². The number of aliphatic hydroxyl groups is 2. The fraction of sp³-hybridized carbons (Fsp3) is 0.867. The molecule has 4 saturated carbocycles. The van der Waals surface area contributed by atoms with Crippen molar-refractivity contribution in [2.24, 2.45) is 40.4 Å². The molecule has 0 amide bonds. The Bertz CT molecular complexity index is 1480. The molecule has 16 nitrogen and oxygen atoms in total. The van der Waals surface area contributed by atoms with Crippen molar-refractivity contribution in [3.63, 3.8) is 0 Å². The number of ether oxygens (including phenoxy) is 3. The van der Waals surface area contributed by atoms with Crippen LogP contribution in [-0.4, -0.2) is 103 Å². The number of fused-ring (bicyclic) bond motifs is 3. The minimum atomic E-state index is -5.42. The van der Waals surface area contributed by atoms with Crippen LogP contribution in [0.25, 0.3) is 0 Å². The Balaban J connectivity index is 1.51. The molecule has 1 heterocycles. The number of hydrogen-bond donors (Lipinski definition) is 5. The Morgan fingerprint density at radius 3 is 2.25 bits per heavy atom. The molecule has 0 aromatic rings. The molecule has 1 saturated heterocycles. The fourth-order valence-corrected chi connectivity index (χ4v) is 10.8. The first-order valence-corrected chi connectivity index (χ1v) is 18.9. The lowest BCUT2D eigenvalue weighted by Gasteiger charge is -2.62. The van der Waals surface area contributed by atoms with E-state index in [4.69, 9.17) is 18.4 Å². The van der Waals surface area contributed by atoms with E-state index in [1.165, 1.54) is 0 Å². The summed E-state index contributed by atoms with van der Waals surface area (Å²) in [5, 5.41) is 32.0. The van der Waals surface area contributed by atoms with Crippen molar-refractivity contribution in [1.29, 1.82) is 0 Å². The SMILES string of the molecule is C=C1C2CCC3[C@@](CC[C@@H]4C(C(=O)O)CC(OC5OC(CO)C(OS(=O)(=O)O)C(OS(=O)(=O)O)C5OC(=O)CC(C)C)C[C@]34C)(C2)C1O. The molecule has 1 aliphatic heterocycles. The Morgan fingerprint density at radius 2 is 1.67 bits per heavy atom. The Labute approximate surface area is 280 Å². The van der Waals surface area contributed by atoms with Crippen molar-refractivity contribution in [1.82, 2.24) is 0 Å². The smallest absolute Gasteiger partial charge is 0.397 e. The van der Waals surface area contributed by atoms with Gasteiger partial charge >= 0.3 is 32.7 Å². The Kier molecular flexibility index (Phi) is 10.5. The molecule has 48 heavy (non-hydrogen) atoms. The maximum absolute atomic E-state index is 12.9. The minimum absolute atomic E-state index is 0.0156. The maximum Gasteiger partial charge on any atom is 0.397 e. The van der Waals surface area contributed by atoms with Gasteiger partial charge in [-0.05, 0) is 79.6 Å². The van der Waals surface area contributed by atoms with Gasteiger partial charge in [-0.2, -0.15) is 16.8 Å². The number of carbonyl (C=O) groups excluding carboxylic acids is 1. The summed E-state index contributed by atoms with van der Waals surface area (Å²) in [6.45, 7) is 8.52. The molecule has 10 unspecified atom stereocenters. The first-order valence-electron chi connectivity index (χ1n) is 16.2. The largest absolute Gasteiger partial charge is 0.481 e. The van der Waals surface area contributed by atoms with Gasteiger partial charge in [-0.3, -0.25) is 18.7 Å². The number of aliphatic carboxylic acids is 1. The van der Waals surface area contributed by atoms with Crippen LogP contribution >= 0.6 is 0 Å². The first-order chi connectivity index (χ1) is 22.2. The fourth-order valence-electron chi connectivity index (χ4n) is 9.82. The third-order valence-corrected chi connectivity index (χ3v) is 12.4. The number of rotatable bonds is 11. The summed E-state index contributed by atoms with van der Waals surface area (Å²) in [5.74, 6) is -3.25. The number of carboxylic acid groups (broad SMARTS) is 1. The molecule has 0 aromatic heterocycles. The van der Waals surface area contributed by atoms with Crippen molar-refractivity contribution in [3.05, 3.63) is 12.2 Å². The third-order valence-electron chi connectivity index (χ3n) is 11.5. The van der Waals surface area contributed by atoms with Crippen LogP contribution in [0.3, 0.4) is 0 Å². The summed E-state index contributed by atoms with van der Waals surface area (Å²) in [4.78, 5) is 25.7. The van der Waals surface area contributed by atoms with Crippen LogP contribution in [0, 0.1) is 40.4 Å². The van der Waals surface area contributed by atoms with Gasteiger partial charge < -0.3 is 29.5 Å². The zero-order chi connectivity index (χ0) is 35.6. The van der Waals surface area contributed by atoms with Crippen molar-refractivity contribution in [3.8, 4) is 0 Å². The summed E-state index contributed by atoms with van der Waals surface area (Å²) in [6.07, 6.45) is -7.93. The van der Waals surface area contributed by atoms with Crippen LogP contribution in [0.4, 0.5) is 0 Å². The monoisotopic (exact) mass is 726 g/mol. The standard InChI is InChI=1S/C30H46O16S2/c1-14(2)9-22(32)44-25-24(46-48(39,40)41)23(45-47(36,37)38)20(13-31)43-28(25)42-17-10-18(27(34)35)19-7-8-30-11-16(15(3)26(30)33)5-6-21(30)29(19,4)12-17/h14,16-21,23-26,28,31,33H,3,5-13H2,1-2,4H3,(H,34,35)(H,36,37,38)(H,39,40,41)/t16?,17?,18?,19-,20?,21?,23?,24?,25?,26?,28?,29+,30-/m1/s1. The summed E-state index contributed by atoms with van der Waals surface area (Å²) < 4.78 is 93.5. The van der Waals surface area contributed by atoms with Gasteiger partial charge in [0.2, 0.25) is 0 Å². The molecule has 274 valence electrons. The zero-order valence-corrected chi connectivity index (χ0v) is 28.7. The van der Waals surface area contributed by atoms with Crippen LogP contribution in [0.2, 0.25) is 0 Å². The molecule has 5 N–H and O–H groups in total. The van der Waals surface area contributed by atoms with Crippen LogP contribution in [0.15, 0.2) is 12.2 Å². The van der Waals surface area contributed by atoms with Gasteiger partial charge in [-0.1, -0.05) is 27.4 Å². The van der Waals surface area contributed by atoms with E-state index in [9.17, 15) is 50.8 Å². The lowest BCUT2D eigenvalue weighted by molar-refractivity contribution is -0.316. The molecule has 2 bridgehead atoms. The highest BCUT2D eigenvalue weighted by molar-refractivity contribution is 7.81. The van der Waals surface area contributed by atoms with E-state index in [2.05, 4.69) is 10.8 Å². The predicted molar refractivity (Wildman–Crippen MR) is 162 cm³/mol. The van der Waals surface area contributed by atoms with E-state index in [1.54, 1.807) is 13.8 Å². The second-order valence-corrected chi connectivity index (χ2v) is 16.9. The lowest BCUT2D eigenvalue weighted by Crippen LogP contribution is -2.64. The maximum atomic E-state index is 12.9. The van der Waals surface area contributed by atoms with Gasteiger partial charge in [0.25, 0.3) is 0 Å². The lowest BCUT2D eigenvalue weighted by atomic mass is 9.43. The first kappa shape index (κ1) is 37.5.